The smallest absolute Gasteiger partial charge is 0.356 e. The number of hydrogen-bond donors (Lipinski definition) is 2. The molecule has 0 bridgehead atoms. The van der Waals surface area contributed by atoms with Gasteiger partial charge >= 0.3 is 5.97 Å². The standard InChI is InChI=1S/C20H18BrClN6O3/c1-10-25-26-18-14(31-3)8-13(9-28(10)18)23-15(11-4-6-12(22)7-5-11)17-16(19(29)30)24-20(21)27(17)2/h4-9,15,23H,1-3H3,(H,29,30). The number of nitrogens with one attached hydrogen (secondary N) is 1. The Kier molecular flexibility index (Phi) is 5.59. The Labute approximate surface area is 190 Å². The molecule has 1 unspecified atom stereocenters. The van der Waals surface area contributed by atoms with E-state index in [9.17, 15) is 9.90 Å². The maximum Gasteiger partial charge on any atom is 0.356 e. The number of carboxylic acids is 1. The number of benzene rings is 1. The van der Waals surface area contributed by atoms with E-state index in [0.717, 1.165) is 5.56 Å². The second kappa shape index (κ2) is 8.20. The summed E-state index contributed by atoms with van der Waals surface area (Å²) in [6.07, 6.45) is 1.84. The summed E-state index contributed by atoms with van der Waals surface area (Å²) in [7, 11) is 3.30. The third kappa shape index (κ3) is 3.84. The van der Waals surface area contributed by atoms with Crippen LogP contribution in [0.15, 0.2) is 41.3 Å². The van der Waals surface area contributed by atoms with Crippen LogP contribution in [0.2, 0.25) is 5.02 Å². The van der Waals surface area contributed by atoms with E-state index in [4.69, 9.17) is 16.3 Å². The van der Waals surface area contributed by atoms with Crippen molar-refractivity contribution in [1.82, 2.24) is 24.1 Å². The Morgan fingerprint density at radius 2 is 2.00 bits per heavy atom. The van der Waals surface area contributed by atoms with Gasteiger partial charge < -0.3 is 19.7 Å². The number of rotatable bonds is 6. The average Bonchev–Trinajstić information content (AvgIpc) is 3.26. The van der Waals surface area contributed by atoms with E-state index in [1.165, 1.54) is 0 Å². The highest BCUT2D eigenvalue weighted by Gasteiger charge is 2.28. The van der Waals surface area contributed by atoms with Gasteiger partial charge in [0.05, 0.1) is 24.5 Å². The van der Waals surface area contributed by atoms with Gasteiger partial charge in [-0.2, -0.15) is 0 Å². The van der Waals surface area contributed by atoms with Gasteiger partial charge in [0.1, 0.15) is 5.82 Å². The number of halogens is 2. The lowest BCUT2D eigenvalue weighted by atomic mass is 10.0. The number of hydrogen-bond acceptors (Lipinski definition) is 6. The fourth-order valence-electron chi connectivity index (χ4n) is 3.41. The van der Waals surface area contributed by atoms with Crippen molar-refractivity contribution in [2.45, 2.75) is 13.0 Å². The molecule has 2 N–H and O–H groups in total. The van der Waals surface area contributed by atoms with E-state index >= 15 is 0 Å². The molecule has 9 nitrogen and oxygen atoms in total. The van der Waals surface area contributed by atoms with Crippen molar-refractivity contribution >= 4 is 44.8 Å². The van der Waals surface area contributed by atoms with E-state index in [0.29, 0.717) is 38.4 Å². The van der Waals surface area contributed by atoms with Crippen molar-refractivity contribution in [3.63, 3.8) is 0 Å². The van der Waals surface area contributed by atoms with Crippen molar-refractivity contribution in [3.8, 4) is 5.75 Å². The SMILES string of the molecule is COc1cc(NC(c2ccc(Cl)cc2)c2c(C(=O)O)nc(Br)n2C)cn2c(C)nnc12. The van der Waals surface area contributed by atoms with E-state index in [2.05, 4.69) is 36.4 Å². The van der Waals surface area contributed by atoms with Crippen LogP contribution in [0, 0.1) is 6.92 Å². The van der Waals surface area contributed by atoms with Gasteiger partial charge in [0, 0.05) is 24.3 Å². The molecular weight excluding hydrogens is 488 g/mol. The largest absolute Gasteiger partial charge is 0.493 e. The molecule has 0 aliphatic heterocycles. The summed E-state index contributed by atoms with van der Waals surface area (Å²) in [6, 6.07) is 8.43. The average molecular weight is 506 g/mol. The third-order valence-corrected chi connectivity index (χ3v) is 5.90. The molecule has 0 aliphatic carbocycles. The first-order valence-corrected chi connectivity index (χ1v) is 10.3. The van der Waals surface area contributed by atoms with Crippen LogP contribution >= 0.6 is 27.5 Å². The zero-order valence-electron chi connectivity index (χ0n) is 16.8. The molecule has 0 spiro atoms. The van der Waals surface area contributed by atoms with Crippen LogP contribution in [0.3, 0.4) is 0 Å². The number of methoxy groups -OCH3 is 1. The molecule has 11 heteroatoms. The van der Waals surface area contributed by atoms with Crippen LogP contribution in [0.5, 0.6) is 5.75 Å². The number of anilines is 1. The van der Waals surface area contributed by atoms with Crippen molar-refractivity contribution in [2.75, 3.05) is 12.4 Å². The number of aromatic nitrogens is 5. The molecule has 1 aromatic carbocycles. The van der Waals surface area contributed by atoms with Gasteiger partial charge in [-0.3, -0.25) is 4.40 Å². The summed E-state index contributed by atoms with van der Waals surface area (Å²) >= 11 is 9.41. The van der Waals surface area contributed by atoms with Crippen LogP contribution in [0.1, 0.15) is 33.6 Å². The minimum absolute atomic E-state index is 0.0599. The lowest BCUT2D eigenvalue weighted by Crippen LogP contribution is -2.19. The van der Waals surface area contributed by atoms with Crippen LogP contribution < -0.4 is 10.1 Å². The molecule has 4 rings (SSSR count). The topological polar surface area (TPSA) is 107 Å². The number of imidazole rings is 1. The van der Waals surface area contributed by atoms with E-state index < -0.39 is 12.0 Å². The molecule has 4 aromatic rings. The van der Waals surface area contributed by atoms with Crippen LogP contribution in [-0.2, 0) is 7.05 Å². The first-order chi connectivity index (χ1) is 14.8. The molecular formula is C20H18BrClN6O3. The highest BCUT2D eigenvalue weighted by atomic mass is 79.9. The highest BCUT2D eigenvalue weighted by Crippen LogP contribution is 2.33. The summed E-state index contributed by atoms with van der Waals surface area (Å²) in [5.74, 6) is 0.0966. The number of carbonyl (C=O) groups is 1. The lowest BCUT2D eigenvalue weighted by molar-refractivity contribution is 0.0689. The van der Waals surface area contributed by atoms with Crippen LogP contribution in [0.25, 0.3) is 5.65 Å². The fraction of sp³-hybridized carbons (Fsp3) is 0.200. The van der Waals surface area contributed by atoms with E-state index in [1.807, 2.05) is 25.3 Å². The zero-order chi connectivity index (χ0) is 22.3. The lowest BCUT2D eigenvalue weighted by Gasteiger charge is -2.22. The minimum Gasteiger partial charge on any atom is -0.493 e. The van der Waals surface area contributed by atoms with Crippen molar-refractivity contribution < 1.29 is 14.6 Å². The Hall–Kier alpha value is -3.11. The predicted octanol–water partition coefficient (Wildman–Crippen LogP) is 4.10. The van der Waals surface area contributed by atoms with Gasteiger partial charge in [-0.1, -0.05) is 23.7 Å². The molecule has 3 heterocycles. The number of pyridine rings is 1. The zero-order valence-corrected chi connectivity index (χ0v) is 19.1. The molecule has 0 fully saturated rings. The van der Waals surface area contributed by atoms with Crippen molar-refractivity contribution in [2.24, 2.45) is 7.05 Å². The molecule has 0 amide bonds. The second-order valence-electron chi connectivity index (χ2n) is 6.85. The first-order valence-electron chi connectivity index (χ1n) is 9.17. The number of carboxylic acid groups (broad SMARTS) is 1. The predicted molar refractivity (Wildman–Crippen MR) is 119 cm³/mol. The van der Waals surface area contributed by atoms with E-state index in [1.54, 1.807) is 41.3 Å². The van der Waals surface area contributed by atoms with Crippen LogP contribution in [0.4, 0.5) is 5.69 Å². The summed E-state index contributed by atoms with van der Waals surface area (Å²) in [4.78, 5) is 16.1. The van der Waals surface area contributed by atoms with E-state index in [-0.39, 0.29) is 5.69 Å². The molecule has 0 aliphatic rings. The quantitative estimate of drug-likeness (QED) is 0.406. The molecule has 1 atom stereocenters. The van der Waals surface area contributed by atoms with Crippen molar-refractivity contribution in [3.05, 3.63) is 69.1 Å². The second-order valence-corrected chi connectivity index (χ2v) is 7.99. The maximum atomic E-state index is 11.9. The Bertz CT molecular complexity index is 1280. The normalized spacial score (nSPS) is 12.2. The first kappa shape index (κ1) is 21.1. The number of fused-ring (bicyclic) bond motifs is 1. The molecule has 0 saturated carbocycles. The van der Waals surface area contributed by atoms with Crippen LogP contribution in [-0.4, -0.2) is 42.3 Å². The number of aryl methyl sites for hydroxylation is 1. The Balaban J connectivity index is 1.89. The monoisotopic (exact) mass is 504 g/mol. The summed E-state index contributed by atoms with van der Waals surface area (Å²) in [5.41, 5.74) is 2.49. The summed E-state index contributed by atoms with van der Waals surface area (Å²) < 4.78 is 9.38. The number of nitrogens with zero attached hydrogens (tertiary/aromatic N) is 5. The number of ether oxygens (including phenoxy) is 1. The minimum atomic E-state index is -1.13. The van der Waals surface area contributed by atoms with Gasteiger partial charge in [-0.15, -0.1) is 10.2 Å². The van der Waals surface area contributed by atoms with Gasteiger partial charge in [-0.05, 0) is 40.5 Å². The molecule has 3 aromatic heterocycles. The maximum absolute atomic E-state index is 11.9. The molecule has 160 valence electrons. The summed E-state index contributed by atoms with van der Waals surface area (Å²) in [5, 5.41) is 22.0. The Morgan fingerprint density at radius 3 is 2.65 bits per heavy atom. The van der Waals surface area contributed by atoms with Gasteiger partial charge in [0.2, 0.25) is 5.65 Å². The Morgan fingerprint density at radius 1 is 1.29 bits per heavy atom. The van der Waals surface area contributed by atoms with Gasteiger partial charge in [0.15, 0.2) is 16.2 Å². The third-order valence-electron chi connectivity index (χ3n) is 4.94. The fourth-order valence-corrected chi connectivity index (χ4v) is 3.90. The van der Waals surface area contributed by atoms with Gasteiger partial charge in [-0.25, -0.2) is 9.78 Å². The van der Waals surface area contributed by atoms with Crippen molar-refractivity contribution in [1.29, 1.82) is 0 Å². The highest BCUT2D eigenvalue weighted by molar-refractivity contribution is 9.10. The van der Waals surface area contributed by atoms with Gasteiger partial charge in [0.25, 0.3) is 0 Å². The molecule has 0 saturated heterocycles. The summed E-state index contributed by atoms with van der Waals surface area (Å²) in [6.45, 7) is 1.83. The molecule has 31 heavy (non-hydrogen) atoms. The molecule has 0 radical (unpaired) electrons. The number of aromatic carboxylic acids is 1.